The van der Waals surface area contributed by atoms with Crippen LogP contribution >= 0.6 is 11.6 Å². The van der Waals surface area contributed by atoms with Crippen molar-refractivity contribution in [3.8, 4) is 0 Å². The number of aromatic nitrogens is 2. The Morgan fingerprint density at radius 2 is 1.92 bits per heavy atom. The zero-order valence-corrected chi connectivity index (χ0v) is 6.92. The predicted molar refractivity (Wildman–Crippen MR) is 49.0 cm³/mol. The first-order valence-electron chi connectivity index (χ1n) is 3.43. The molecule has 60 valence electrons. The molecule has 3 nitrogen and oxygen atoms in total. The summed E-state index contributed by atoms with van der Waals surface area (Å²) < 4.78 is 0. The molecule has 0 spiro atoms. The average molecular weight is 180 g/mol. The molecule has 0 saturated carbocycles. The Kier molecular flexibility index (Phi) is 1.59. The van der Waals surface area contributed by atoms with E-state index in [1.807, 2.05) is 0 Å². The summed E-state index contributed by atoms with van der Waals surface area (Å²) in [4.78, 5) is 8.15. The van der Waals surface area contributed by atoms with Gasteiger partial charge >= 0.3 is 0 Å². The Morgan fingerprint density at radius 1 is 1.17 bits per heavy atom. The fourth-order valence-electron chi connectivity index (χ4n) is 1.07. The molecule has 0 unspecified atom stereocenters. The number of hydrogen-bond acceptors (Lipinski definition) is 3. The van der Waals surface area contributed by atoms with E-state index in [9.17, 15) is 0 Å². The van der Waals surface area contributed by atoms with Gasteiger partial charge in [-0.1, -0.05) is 11.6 Å². The zero-order valence-electron chi connectivity index (χ0n) is 6.16. The van der Waals surface area contributed by atoms with Gasteiger partial charge in [-0.15, -0.1) is 0 Å². The number of nitrogens with two attached hydrogens (primary N) is 1. The maximum Gasteiger partial charge on any atom is 0.112 e. The van der Waals surface area contributed by atoms with E-state index in [0.717, 1.165) is 5.52 Å². The van der Waals surface area contributed by atoms with Gasteiger partial charge in [-0.25, -0.2) is 0 Å². The molecule has 0 bridgehead atoms. The fourth-order valence-corrected chi connectivity index (χ4v) is 1.29. The van der Waals surface area contributed by atoms with E-state index < -0.39 is 0 Å². The normalized spacial score (nSPS) is 10.4. The highest BCUT2D eigenvalue weighted by atomic mass is 35.5. The number of halogens is 1. The van der Waals surface area contributed by atoms with E-state index in [1.165, 1.54) is 0 Å². The van der Waals surface area contributed by atoms with E-state index in [1.54, 1.807) is 24.5 Å². The molecule has 1 aromatic heterocycles. The second-order valence-electron chi connectivity index (χ2n) is 2.42. The van der Waals surface area contributed by atoms with Crippen LogP contribution in [-0.4, -0.2) is 9.97 Å². The van der Waals surface area contributed by atoms with Crippen LogP contribution in [0.15, 0.2) is 24.5 Å². The molecule has 1 heterocycles. The molecule has 2 N–H and O–H groups in total. The minimum absolute atomic E-state index is 0.561. The molecule has 0 fully saturated rings. The summed E-state index contributed by atoms with van der Waals surface area (Å²) in [5.41, 5.74) is 7.65. The number of fused-ring (bicyclic) bond motifs is 1. The summed E-state index contributed by atoms with van der Waals surface area (Å²) in [6.07, 6.45) is 3.21. The van der Waals surface area contributed by atoms with E-state index in [2.05, 4.69) is 9.97 Å². The fraction of sp³-hybridized carbons (Fsp3) is 0. The van der Waals surface area contributed by atoms with Crippen LogP contribution in [0.4, 0.5) is 5.69 Å². The minimum Gasteiger partial charge on any atom is -0.397 e. The number of nitrogens with zero attached hydrogens (tertiary/aromatic N) is 2. The lowest BCUT2D eigenvalue weighted by atomic mass is 10.2. The van der Waals surface area contributed by atoms with Crippen molar-refractivity contribution in [2.24, 2.45) is 0 Å². The molecule has 4 heteroatoms. The highest BCUT2D eigenvalue weighted by Crippen LogP contribution is 2.21. The number of benzene rings is 1. The summed E-state index contributed by atoms with van der Waals surface area (Å²) in [5.74, 6) is 0. The molecule has 0 aliphatic heterocycles. The third-order valence-electron chi connectivity index (χ3n) is 1.57. The SMILES string of the molecule is Nc1cc(Cl)cc2nccnc12. The van der Waals surface area contributed by atoms with E-state index >= 15 is 0 Å². The van der Waals surface area contributed by atoms with Gasteiger partial charge in [0.1, 0.15) is 5.52 Å². The first-order chi connectivity index (χ1) is 5.77. The topological polar surface area (TPSA) is 51.8 Å². The van der Waals surface area contributed by atoms with Crippen molar-refractivity contribution in [3.05, 3.63) is 29.5 Å². The Balaban J connectivity index is 2.89. The Morgan fingerprint density at radius 3 is 2.75 bits per heavy atom. The van der Waals surface area contributed by atoms with Crippen LogP contribution in [0.2, 0.25) is 5.02 Å². The highest BCUT2D eigenvalue weighted by Gasteiger charge is 2.00. The van der Waals surface area contributed by atoms with Gasteiger partial charge in [0.2, 0.25) is 0 Å². The lowest BCUT2D eigenvalue weighted by Crippen LogP contribution is -1.90. The molecular formula is C8H6ClN3. The largest absolute Gasteiger partial charge is 0.397 e. The van der Waals surface area contributed by atoms with E-state index in [4.69, 9.17) is 17.3 Å². The quantitative estimate of drug-likeness (QED) is 0.628. The van der Waals surface area contributed by atoms with Crippen molar-refractivity contribution in [2.45, 2.75) is 0 Å². The molecule has 0 aliphatic carbocycles. The second-order valence-corrected chi connectivity index (χ2v) is 2.86. The van der Waals surface area contributed by atoms with Crippen LogP contribution in [0.3, 0.4) is 0 Å². The van der Waals surface area contributed by atoms with Crippen molar-refractivity contribution in [1.82, 2.24) is 9.97 Å². The maximum absolute atomic E-state index is 5.78. The summed E-state index contributed by atoms with van der Waals surface area (Å²) >= 11 is 5.78. The van der Waals surface area contributed by atoms with Gasteiger partial charge in [-0.05, 0) is 12.1 Å². The van der Waals surface area contributed by atoms with Crippen molar-refractivity contribution < 1.29 is 0 Å². The van der Waals surface area contributed by atoms with Gasteiger partial charge in [-0.2, -0.15) is 0 Å². The maximum atomic E-state index is 5.78. The van der Waals surface area contributed by atoms with Gasteiger partial charge in [0.05, 0.1) is 11.2 Å². The van der Waals surface area contributed by atoms with E-state index in [0.29, 0.717) is 16.2 Å². The molecule has 0 saturated heterocycles. The molecule has 0 atom stereocenters. The van der Waals surface area contributed by atoms with Gasteiger partial charge in [0, 0.05) is 17.4 Å². The first kappa shape index (κ1) is 7.31. The van der Waals surface area contributed by atoms with Crippen molar-refractivity contribution >= 4 is 28.3 Å². The highest BCUT2D eigenvalue weighted by molar-refractivity contribution is 6.31. The number of rotatable bonds is 0. The van der Waals surface area contributed by atoms with Gasteiger partial charge in [0.25, 0.3) is 0 Å². The molecule has 2 rings (SSSR count). The first-order valence-corrected chi connectivity index (χ1v) is 3.81. The Hall–Kier alpha value is -1.35. The van der Waals surface area contributed by atoms with Gasteiger partial charge in [-0.3, -0.25) is 9.97 Å². The lowest BCUT2D eigenvalue weighted by Gasteiger charge is -1.99. The van der Waals surface area contributed by atoms with Gasteiger partial charge in [0.15, 0.2) is 0 Å². The zero-order chi connectivity index (χ0) is 8.55. The van der Waals surface area contributed by atoms with Crippen LogP contribution in [0, 0.1) is 0 Å². The van der Waals surface area contributed by atoms with E-state index in [-0.39, 0.29) is 0 Å². The number of hydrogen-bond donors (Lipinski definition) is 1. The smallest absolute Gasteiger partial charge is 0.112 e. The summed E-state index contributed by atoms with van der Waals surface area (Å²) in [5, 5.41) is 0.584. The Bertz CT molecular complexity index is 428. The van der Waals surface area contributed by atoms with Crippen molar-refractivity contribution in [3.63, 3.8) is 0 Å². The summed E-state index contributed by atoms with van der Waals surface area (Å²) in [6.45, 7) is 0. The molecule has 12 heavy (non-hydrogen) atoms. The molecule has 0 amide bonds. The Labute approximate surface area is 74.2 Å². The van der Waals surface area contributed by atoms with Crippen LogP contribution in [0.25, 0.3) is 11.0 Å². The second kappa shape index (κ2) is 2.60. The van der Waals surface area contributed by atoms with Crippen LogP contribution in [-0.2, 0) is 0 Å². The average Bonchev–Trinajstić information content (AvgIpc) is 2.04. The van der Waals surface area contributed by atoms with Gasteiger partial charge < -0.3 is 5.73 Å². The third kappa shape index (κ3) is 1.08. The summed E-state index contributed by atoms with van der Waals surface area (Å²) in [7, 11) is 0. The minimum atomic E-state index is 0.561. The predicted octanol–water partition coefficient (Wildman–Crippen LogP) is 1.87. The number of nitrogen functional groups attached to an aromatic ring is 1. The third-order valence-corrected chi connectivity index (χ3v) is 1.79. The lowest BCUT2D eigenvalue weighted by molar-refractivity contribution is 1.30. The standard InChI is InChI=1S/C8H6ClN3/c9-5-3-6(10)8-7(4-5)11-1-2-12-8/h1-4H,10H2. The molecule has 2 aromatic rings. The van der Waals surface area contributed by atoms with Crippen LogP contribution in [0.5, 0.6) is 0 Å². The van der Waals surface area contributed by atoms with Crippen molar-refractivity contribution in [2.75, 3.05) is 5.73 Å². The molecule has 0 aliphatic rings. The van der Waals surface area contributed by atoms with Crippen LogP contribution in [0.1, 0.15) is 0 Å². The van der Waals surface area contributed by atoms with Crippen LogP contribution < -0.4 is 5.73 Å². The van der Waals surface area contributed by atoms with Crippen molar-refractivity contribution in [1.29, 1.82) is 0 Å². The molecule has 1 aromatic carbocycles. The monoisotopic (exact) mass is 179 g/mol. The summed E-state index contributed by atoms with van der Waals surface area (Å²) in [6, 6.07) is 3.40. The molecular weight excluding hydrogens is 174 g/mol. The number of anilines is 1. The molecule has 0 radical (unpaired) electrons.